The Morgan fingerprint density at radius 3 is 2.58 bits per heavy atom. The molecule has 1 heterocycles. The molecule has 0 unspecified atom stereocenters. The SMILES string of the molecule is C[C@H](N=C=O)C(=O)Oc1c(O)cc(N2CCCCC2)cc1N(C)C. The zero-order valence-corrected chi connectivity index (χ0v) is 14.3. The topological polar surface area (TPSA) is 82.4 Å². The van der Waals surface area contributed by atoms with Crippen LogP contribution in [0.4, 0.5) is 11.4 Å². The molecule has 1 fully saturated rings. The number of benzene rings is 1. The lowest BCUT2D eigenvalue weighted by molar-refractivity contribution is -0.135. The Bertz CT molecular complexity index is 647. The van der Waals surface area contributed by atoms with Crippen molar-refractivity contribution in [1.82, 2.24) is 0 Å². The van der Waals surface area contributed by atoms with Gasteiger partial charge in [-0.25, -0.2) is 9.59 Å². The van der Waals surface area contributed by atoms with Crippen molar-refractivity contribution in [3.05, 3.63) is 12.1 Å². The van der Waals surface area contributed by atoms with Gasteiger partial charge in [-0.1, -0.05) is 0 Å². The zero-order chi connectivity index (χ0) is 17.7. The average Bonchev–Trinajstić information content (AvgIpc) is 2.57. The number of isocyanates is 1. The molecule has 24 heavy (non-hydrogen) atoms. The third kappa shape index (κ3) is 4.06. The number of rotatable bonds is 5. The minimum absolute atomic E-state index is 0.0682. The fourth-order valence-electron chi connectivity index (χ4n) is 2.67. The van der Waals surface area contributed by atoms with Gasteiger partial charge in [0.15, 0.2) is 17.5 Å². The number of hydrogen-bond acceptors (Lipinski definition) is 7. The summed E-state index contributed by atoms with van der Waals surface area (Å²) < 4.78 is 5.27. The lowest BCUT2D eigenvalue weighted by atomic mass is 10.1. The Morgan fingerprint density at radius 2 is 2.00 bits per heavy atom. The summed E-state index contributed by atoms with van der Waals surface area (Å²) in [6.07, 6.45) is 4.79. The molecule has 1 aliphatic rings. The maximum atomic E-state index is 12.0. The van der Waals surface area contributed by atoms with Crippen molar-refractivity contribution in [2.45, 2.75) is 32.2 Å². The molecule has 1 N–H and O–H groups in total. The molecule has 0 aromatic heterocycles. The number of aromatic hydroxyl groups is 1. The highest BCUT2D eigenvalue weighted by atomic mass is 16.5. The fraction of sp³-hybridized carbons (Fsp3) is 0.529. The molecule has 0 bridgehead atoms. The molecule has 130 valence electrons. The summed E-state index contributed by atoms with van der Waals surface area (Å²) in [5.41, 5.74) is 1.49. The Kier molecular flexibility index (Phi) is 5.82. The van der Waals surface area contributed by atoms with E-state index in [0.29, 0.717) is 5.69 Å². The Balaban J connectivity index is 2.33. The summed E-state index contributed by atoms with van der Waals surface area (Å²) in [6, 6.07) is 2.52. The van der Waals surface area contributed by atoms with Gasteiger partial charge in [0.05, 0.1) is 5.69 Å². The highest BCUT2D eigenvalue weighted by molar-refractivity contribution is 5.83. The lowest BCUT2D eigenvalue weighted by Gasteiger charge is -2.30. The van der Waals surface area contributed by atoms with Crippen LogP contribution >= 0.6 is 0 Å². The van der Waals surface area contributed by atoms with Gasteiger partial charge < -0.3 is 19.6 Å². The van der Waals surface area contributed by atoms with E-state index in [1.165, 1.54) is 19.4 Å². The molecule has 1 aromatic carbocycles. The summed E-state index contributed by atoms with van der Waals surface area (Å²) in [6.45, 7) is 3.31. The number of hydrogen-bond donors (Lipinski definition) is 1. The number of aliphatic imine (C=N–C) groups is 1. The molecular weight excluding hydrogens is 310 g/mol. The second-order valence-corrected chi connectivity index (χ2v) is 6.07. The van der Waals surface area contributed by atoms with Crippen LogP contribution in [0.2, 0.25) is 0 Å². The largest absolute Gasteiger partial charge is 0.504 e. The van der Waals surface area contributed by atoms with E-state index in [9.17, 15) is 14.7 Å². The second-order valence-electron chi connectivity index (χ2n) is 6.07. The first-order valence-corrected chi connectivity index (χ1v) is 8.02. The quantitative estimate of drug-likeness (QED) is 0.384. The molecule has 1 aromatic rings. The van der Waals surface area contributed by atoms with E-state index in [0.717, 1.165) is 31.6 Å². The van der Waals surface area contributed by atoms with Crippen molar-refractivity contribution in [2.75, 3.05) is 37.0 Å². The number of anilines is 2. The zero-order valence-electron chi connectivity index (χ0n) is 14.3. The number of carbonyl (C=O) groups excluding carboxylic acids is 2. The third-order valence-corrected chi connectivity index (χ3v) is 4.03. The van der Waals surface area contributed by atoms with Crippen LogP contribution in [0.5, 0.6) is 11.5 Å². The van der Waals surface area contributed by atoms with Crippen molar-refractivity contribution in [2.24, 2.45) is 4.99 Å². The molecule has 0 radical (unpaired) electrons. The van der Waals surface area contributed by atoms with E-state index in [4.69, 9.17) is 4.74 Å². The van der Waals surface area contributed by atoms with Crippen LogP contribution in [-0.4, -0.2) is 50.4 Å². The molecule has 0 saturated carbocycles. The van der Waals surface area contributed by atoms with E-state index < -0.39 is 12.0 Å². The number of phenols is 1. The molecule has 1 saturated heterocycles. The van der Waals surface area contributed by atoms with E-state index in [2.05, 4.69) is 9.89 Å². The Hall–Kier alpha value is -2.53. The summed E-state index contributed by atoms with van der Waals surface area (Å²) in [7, 11) is 3.61. The number of nitrogens with zero attached hydrogens (tertiary/aromatic N) is 3. The molecule has 2 rings (SSSR count). The van der Waals surface area contributed by atoms with Crippen molar-refractivity contribution in [1.29, 1.82) is 0 Å². The molecule has 7 heteroatoms. The van der Waals surface area contributed by atoms with Crippen LogP contribution in [0.25, 0.3) is 0 Å². The smallest absolute Gasteiger partial charge is 0.337 e. The normalized spacial score (nSPS) is 15.4. The van der Waals surface area contributed by atoms with E-state index in [1.54, 1.807) is 25.1 Å². The minimum Gasteiger partial charge on any atom is -0.504 e. The van der Waals surface area contributed by atoms with Gasteiger partial charge in [0.2, 0.25) is 6.08 Å². The maximum absolute atomic E-state index is 12.0. The highest BCUT2D eigenvalue weighted by Gasteiger charge is 2.22. The molecule has 1 atom stereocenters. The molecule has 7 nitrogen and oxygen atoms in total. The number of ether oxygens (including phenoxy) is 1. The predicted molar refractivity (Wildman–Crippen MR) is 91.7 cm³/mol. The van der Waals surface area contributed by atoms with Crippen molar-refractivity contribution in [3.8, 4) is 11.5 Å². The first kappa shape index (κ1) is 17.8. The lowest BCUT2D eigenvalue weighted by Crippen LogP contribution is -2.29. The summed E-state index contributed by atoms with van der Waals surface area (Å²) in [5, 5.41) is 10.4. The van der Waals surface area contributed by atoms with E-state index in [1.807, 2.05) is 6.07 Å². The van der Waals surface area contributed by atoms with Crippen LogP contribution < -0.4 is 14.5 Å². The van der Waals surface area contributed by atoms with Crippen LogP contribution in [-0.2, 0) is 9.59 Å². The summed E-state index contributed by atoms with van der Waals surface area (Å²) >= 11 is 0. The number of phenolic OH excluding ortho intramolecular Hbond substituents is 1. The van der Waals surface area contributed by atoms with Gasteiger partial charge in [-0.05, 0) is 32.3 Å². The van der Waals surface area contributed by atoms with Gasteiger partial charge in [-0.3, -0.25) is 0 Å². The van der Waals surface area contributed by atoms with Gasteiger partial charge in [0.1, 0.15) is 0 Å². The number of esters is 1. The Morgan fingerprint density at radius 1 is 1.33 bits per heavy atom. The van der Waals surface area contributed by atoms with Crippen molar-refractivity contribution in [3.63, 3.8) is 0 Å². The van der Waals surface area contributed by atoms with Gasteiger partial charge in [-0.2, -0.15) is 4.99 Å². The van der Waals surface area contributed by atoms with Crippen LogP contribution in [0.3, 0.4) is 0 Å². The molecular formula is C17H23N3O4. The van der Waals surface area contributed by atoms with Crippen LogP contribution in [0.15, 0.2) is 17.1 Å². The standard InChI is InChI=1S/C17H23N3O4/c1-12(18-11-21)17(23)24-16-14(19(2)3)9-13(10-15(16)22)20-7-5-4-6-8-20/h9-10,12,22H,4-8H2,1-3H3/t12-/m0/s1. The van der Waals surface area contributed by atoms with Gasteiger partial charge >= 0.3 is 5.97 Å². The summed E-state index contributed by atoms with van der Waals surface area (Å²) in [5.74, 6) is -0.765. The number of piperidine rings is 1. The average molecular weight is 333 g/mol. The third-order valence-electron chi connectivity index (χ3n) is 4.03. The minimum atomic E-state index is -0.973. The molecule has 1 aliphatic heterocycles. The molecule has 0 aliphatic carbocycles. The first-order chi connectivity index (χ1) is 11.4. The highest BCUT2D eigenvalue weighted by Crippen LogP contribution is 2.41. The molecule has 0 spiro atoms. The van der Waals surface area contributed by atoms with Crippen LogP contribution in [0.1, 0.15) is 26.2 Å². The van der Waals surface area contributed by atoms with E-state index in [-0.39, 0.29) is 11.5 Å². The van der Waals surface area contributed by atoms with Gasteiger partial charge in [-0.15, -0.1) is 0 Å². The first-order valence-electron chi connectivity index (χ1n) is 8.02. The van der Waals surface area contributed by atoms with Gasteiger partial charge in [0, 0.05) is 38.9 Å². The summed E-state index contributed by atoms with van der Waals surface area (Å²) in [4.78, 5) is 29.6. The van der Waals surface area contributed by atoms with E-state index >= 15 is 0 Å². The van der Waals surface area contributed by atoms with Crippen LogP contribution in [0, 0.1) is 0 Å². The van der Waals surface area contributed by atoms with Crippen molar-refractivity contribution < 1.29 is 19.4 Å². The number of carbonyl (C=O) groups is 1. The predicted octanol–water partition coefficient (Wildman–Crippen LogP) is 2.08. The van der Waals surface area contributed by atoms with Gasteiger partial charge in [0.25, 0.3) is 0 Å². The van der Waals surface area contributed by atoms with Crippen molar-refractivity contribution >= 4 is 23.4 Å². The monoisotopic (exact) mass is 333 g/mol. The Labute approximate surface area is 141 Å². The fourth-order valence-corrected chi connectivity index (χ4v) is 2.67. The second kappa shape index (κ2) is 7.84. The maximum Gasteiger partial charge on any atom is 0.337 e. The molecule has 0 amide bonds.